The largest absolute Gasteiger partial charge is 0.477 e. The predicted octanol–water partition coefficient (Wildman–Crippen LogP) is 0.478. The number of β-lactam (4-membered cyclic amide) rings is 1. The Hall–Kier alpha value is -2.19. The van der Waals surface area contributed by atoms with Gasteiger partial charge in [-0.1, -0.05) is 18.3 Å². The molecule has 4 atom stereocenters. The Balaban J connectivity index is 1.84. The number of hydrogen-bond donors (Lipinski definition) is 2. The summed E-state index contributed by atoms with van der Waals surface area (Å²) >= 11 is 1.50. The lowest BCUT2D eigenvalue weighted by molar-refractivity contribution is -0.669. The Labute approximate surface area is 142 Å². The number of carbonyl (C=O) groups is 2. The molecular formula is C16H18N3O4S+. The zero-order valence-corrected chi connectivity index (χ0v) is 14.3. The summed E-state index contributed by atoms with van der Waals surface area (Å²) in [5.74, 6) is -2.06. The molecule has 1 fully saturated rings. The number of aliphatic hydroxyl groups excluding tert-OH is 1. The molecule has 0 bridgehead atoms. The van der Waals surface area contributed by atoms with E-state index in [-0.39, 0.29) is 23.6 Å². The van der Waals surface area contributed by atoms with E-state index in [4.69, 9.17) is 0 Å². The molecule has 2 aliphatic heterocycles. The van der Waals surface area contributed by atoms with Crippen LogP contribution in [0.4, 0.5) is 0 Å². The van der Waals surface area contributed by atoms with Gasteiger partial charge in [0.25, 0.3) is 0 Å². The lowest BCUT2D eigenvalue weighted by Gasteiger charge is -2.46. The van der Waals surface area contributed by atoms with E-state index in [2.05, 4.69) is 0 Å². The van der Waals surface area contributed by atoms with Gasteiger partial charge in [-0.2, -0.15) is 4.40 Å². The van der Waals surface area contributed by atoms with E-state index in [0.29, 0.717) is 5.57 Å². The lowest BCUT2D eigenvalue weighted by atomic mass is 9.77. The van der Waals surface area contributed by atoms with Gasteiger partial charge in [0, 0.05) is 11.5 Å². The minimum absolute atomic E-state index is 0.0586. The van der Waals surface area contributed by atoms with Crippen LogP contribution in [0, 0.1) is 11.8 Å². The number of aliphatic hydroxyl groups is 1. The summed E-state index contributed by atoms with van der Waals surface area (Å²) in [6.45, 7) is 3.51. The SMILES string of the molecule is C[C@@H](O)[C@H]1C(=O)N2C(C(=O)O)=C(c3cn4c[n+](C)cc4s3)[C@H](C)[C@H]12. The molecule has 1 saturated heterocycles. The summed E-state index contributed by atoms with van der Waals surface area (Å²) < 4.78 is 3.88. The van der Waals surface area contributed by atoms with E-state index in [0.717, 1.165) is 9.71 Å². The quantitative estimate of drug-likeness (QED) is 0.624. The zero-order chi connectivity index (χ0) is 17.3. The van der Waals surface area contributed by atoms with Crippen molar-refractivity contribution in [1.82, 2.24) is 9.30 Å². The average Bonchev–Trinajstić information content (AvgIpc) is 3.06. The second kappa shape index (κ2) is 4.90. The average molecular weight is 348 g/mol. The third-order valence-corrected chi connectivity index (χ3v) is 6.06. The highest BCUT2D eigenvalue weighted by atomic mass is 32.1. The molecule has 7 nitrogen and oxygen atoms in total. The Kier molecular flexibility index (Phi) is 3.14. The molecule has 0 aliphatic carbocycles. The summed E-state index contributed by atoms with van der Waals surface area (Å²) in [5.41, 5.74) is 0.739. The normalized spacial score (nSPS) is 27.6. The van der Waals surface area contributed by atoms with Gasteiger partial charge in [-0.05, 0) is 6.92 Å². The molecule has 4 heterocycles. The number of carboxylic acids is 1. The first-order valence-electron chi connectivity index (χ1n) is 7.77. The maximum absolute atomic E-state index is 12.4. The van der Waals surface area contributed by atoms with Gasteiger partial charge in [0.2, 0.25) is 17.1 Å². The van der Waals surface area contributed by atoms with Gasteiger partial charge in [0.15, 0.2) is 0 Å². The molecule has 1 amide bonds. The number of aromatic nitrogens is 2. The molecule has 2 aliphatic rings. The van der Waals surface area contributed by atoms with Crippen LogP contribution in [0.3, 0.4) is 0 Å². The number of fused-ring (bicyclic) bond motifs is 2. The van der Waals surface area contributed by atoms with Crippen molar-refractivity contribution in [3.8, 4) is 0 Å². The summed E-state index contributed by atoms with van der Waals surface area (Å²) in [5, 5.41) is 19.6. The third kappa shape index (κ3) is 1.83. The minimum atomic E-state index is -1.10. The van der Waals surface area contributed by atoms with E-state index in [1.165, 1.54) is 16.2 Å². The number of thiazole rings is 1. The van der Waals surface area contributed by atoms with Gasteiger partial charge in [-0.3, -0.25) is 4.79 Å². The fourth-order valence-electron chi connectivity index (χ4n) is 3.99. The molecular weight excluding hydrogens is 330 g/mol. The van der Waals surface area contributed by atoms with Crippen molar-refractivity contribution in [2.45, 2.75) is 26.0 Å². The molecule has 2 N–H and O–H groups in total. The maximum atomic E-state index is 12.4. The number of rotatable bonds is 3. The Morgan fingerprint density at radius 2 is 2.17 bits per heavy atom. The molecule has 8 heteroatoms. The summed E-state index contributed by atoms with van der Waals surface area (Å²) in [6.07, 6.45) is 5.00. The fraction of sp³-hybridized carbons (Fsp3) is 0.438. The van der Waals surface area contributed by atoms with Crippen LogP contribution in [0.25, 0.3) is 10.4 Å². The summed E-state index contributed by atoms with van der Waals surface area (Å²) in [4.78, 5) is 27.4. The van der Waals surface area contributed by atoms with Crippen LogP contribution in [0.1, 0.15) is 18.7 Å². The molecule has 2 aromatic rings. The van der Waals surface area contributed by atoms with Crippen molar-refractivity contribution < 1.29 is 24.4 Å². The van der Waals surface area contributed by atoms with Crippen molar-refractivity contribution >= 4 is 33.6 Å². The molecule has 126 valence electrons. The second-order valence-corrected chi connectivity index (χ2v) is 7.63. The highest BCUT2D eigenvalue weighted by Crippen LogP contribution is 2.51. The highest BCUT2D eigenvalue weighted by Gasteiger charge is 2.60. The van der Waals surface area contributed by atoms with E-state index in [1.54, 1.807) is 6.92 Å². The maximum Gasteiger partial charge on any atom is 0.352 e. The van der Waals surface area contributed by atoms with Gasteiger partial charge < -0.3 is 15.1 Å². The molecule has 0 saturated carbocycles. The smallest absolute Gasteiger partial charge is 0.352 e. The van der Waals surface area contributed by atoms with E-state index < -0.39 is 18.0 Å². The van der Waals surface area contributed by atoms with Crippen LogP contribution in [0.15, 0.2) is 24.4 Å². The monoisotopic (exact) mass is 348 g/mol. The number of imidazole rings is 1. The topological polar surface area (TPSA) is 86.1 Å². The van der Waals surface area contributed by atoms with E-state index in [9.17, 15) is 19.8 Å². The summed E-state index contributed by atoms with van der Waals surface area (Å²) in [7, 11) is 1.93. The second-order valence-electron chi connectivity index (χ2n) is 6.57. The first kappa shape index (κ1) is 15.3. The number of amides is 1. The van der Waals surface area contributed by atoms with Crippen molar-refractivity contribution in [3.05, 3.63) is 29.3 Å². The number of carbonyl (C=O) groups excluding carboxylic acids is 1. The first-order chi connectivity index (χ1) is 11.3. The number of nitrogens with zero attached hydrogens (tertiary/aromatic N) is 3. The van der Waals surface area contributed by atoms with Crippen LogP contribution in [0.2, 0.25) is 0 Å². The van der Waals surface area contributed by atoms with Gasteiger partial charge in [-0.25, -0.2) is 9.36 Å². The molecule has 0 aromatic carbocycles. The van der Waals surface area contributed by atoms with E-state index in [1.807, 2.05) is 41.7 Å². The van der Waals surface area contributed by atoms with Crippen LogP contribution >= 0.6 is 11.3 Å². The van der Waals surface area contributed by atoms with Gasteiger partial charge in [0.05, 0.1) is 30.0 Å². The standard InChI is InChI=1S/C16H17N3O4S/c1-7-11(9-4-18-6-17(3)5-10(18)24-9)14(16(22)23)19-13(7)12(8(2)20)15(19)21/h4-8,12-13,20H,1-3H3/p+1/t7-,8+,12+,13+/m0/s1. The van der Waals surface area contributed by atoms with Crippen molar-refractivity contribution in [3.63, 3.8) is 0 Å². The van der Waals surface area contributed by atoms with Crippen LogP contribution in [0.5, 0.6) is 0 Å². The predicted molar refractivity (Wildman–Crippen MR) is 86.0 cm³/mol. The summed E-state index contributed by atoms with van der Waals surface area (Å²) in [6, 6.07) is -0.281. The van der Waals surface area contributed by atoms with Crippen molar-refractivity contribution in [1.29, 1.82) is 0 Å². The van der Waals surface area contributed by atoms with Gasteiger partial charge in [-0.15, -0.1) is 0 Å². The van der Waals surface area contributed by atoms with Crippen LogP contribution < -0.4 is 4.57 Å². The van der Waals surface area contributed by atoms with Gasteiger partial charge >= 0.3 is 5.97 Å². The Bertz CT molecular complexity index is 878. The van der Waals surface area contributed by atoms with Gasteiger partial charge in [0.1, 0.15) is 18.1 Å². The fourth-order valence-corrected chi connectivity index (χ4v) is 5.19. The van der Waals surface area contributed by atoms with Crippen LogP contribution in [-0.2, 0) is 16.6 Å². The van der Waals surface area contributed by atoms with Crippen LogP contribution in [-0.4, -0.2) is 43.5 Å². The number of aliphatic carboxylic acids is 1. The first-order valence-corrected chi connectivity index (χ1v) is 8.58. The van der Waals surface area contributed by atoms with Crippen molar-refractivity contribution in [2.24, 2.45) is 18.9 Å². The number of carboxylic acid groups (broad SMARTS) is 1. The Morgan fingerprint density at radius 1 is 1.46 bits per heavy atom. The number of aryl methyl sites for hydroxylation is 1. The molecule has 2 aromatic heterocycles. The molecule has 0 unspecified atom stereocenters. The van der Waals surface area contributed by atoms with Crippen molar-refractivity contribution in [2.75, 3.05) is 0 Å². The molecule has 24 heavy (non-hydrogen) atoms. The zero-order valence-electron chi connectivity index (χ0n) is 13.5. The highest BCUT2D eigenvalue weighted by molar-refractivity contribution is 7.18. The molecule has 0 radical (unpaired) electrons. The minimum Gasteiger partial charge on any atom is -0.477 e. The molecule has 4 rings (SSSR count). The lowest BCUT2D eigenvalue weighted by Crippen LogP contribution is -2.63. The van der Waals surface area contributed by atoms with E-state index >= 15 is 0 Å². The number of hydrogen-bond acceptors (Lipinski definition) is 4. The Morgan fingerprint density at radius 3 is 2.75 bits per heavy atom. The third-order valence-electron chi connectivity index (χ3n) is 4.99. The molecule has 0 spiro atoms.